The quantitative estimate of drug-likeness (QED) is 0.742. The van der Waals surface area contributed by atoms with Crippen LogP contribution >= 0.6 is 0 Å². The van der Waals surface area contributed by atoms with Crippen molar-refractivity contribution in [3.63, 3.8) is 0 Å². The van der Waals surface area contributed by atoms with Gasteiger partial charge in [0.25, 0.3) is 0 Å². The van der Waals surface area contributed by atoms with Crippen LogP contribution in [0.5, 0.6) is 0 Å². The van der Waals surface area contributed by atoms with E-state index in [4.69, 9.17) is 4.74 Å². The van der Waals surface area contributed by atoms with Crippen molar-refractivity contribution in [2.45, 2.75) is 64.2 Å². The molecule has 2 heteroatoms. The number of carbonyl (C=O) groups is 1. The normalized spacial score (nSPS) is 30.6. The SMILES string of the molecule is CCOC[C@H]1[C@H](C=O)[C@H]1c1ccc2c(c1)C(C)(C)CCC2(C)C. The maximum atomic E-state index is 11.4. The number of rotatable bonds is 5. The van der Waals surface area contributed by atoms with Crippen LogP contribution in [-0.4, -0.2) is 19.5 Å². The third-order valence-electron chi connectivity index (χ3n) is 6.16. The molecule has 2 aliphatic carbocycles. The molecule has 0 unspecified atom stereocenters. The second-order valence-corrected chi connectivity index (χ2v) is 8.64. The zero-order valence-corrected chi connectivity index (χ0v) is 15.2. The van der Waals surface area contributed by atoms with Crippen LogP contribution in [0.15, 0.2) is 18.2 Å². The predicted molar refractivity (Wildman–Crippen MR) is 94.0 cm³/mol. The molecule has 1 fully saturated rings. The van der Waals surface area contributed by atoms with Crippen molar-refractivity contribution in [1.29, 1.82) is 0 Å². The minimum atomic E-state index is 0.138. The van der Waals surface area contributed by atoms with Gasteiger partial charge in [0.2, 0.25) is 0 Å². The molecule has 2 aliphatic rings. The summed E-state index contributed by atoms with van der Waals surface area (Å²) in [5, 5.41) is 0. The lowest BCUT2D eigenvalue weighted by Crippen LogP contribution is -2.33. The Labute approximate surface area is 140 Å². The maximum absolute atomic E-state index is 11.4. The van der Waals surface area contributed by atoms with E-state index in [0.29, 0.717) is 18.4 Å². The van der Waals surface area contributed by atoms with E-state index in [1.165, 1.54) is 29.5 Å². The van der Waals surface area contributed by atoms with E-state index in [1.807, 2.05) is 6.92 Å². The second-order valence-electron chi connectivity index (χ2n) is 8.64. The van der Waals surface area contributed by atoms with Crippen LogP contribution in [0, 0.1) is 11.8 Å². The number of hydrogen-bond acceptors (Lipinski definition) is 2. The van der Waals surface area contributed by atoms with E-state index >= 15 is 0 Å². The topological polar surface area (TPSA) is 26.3 Å². The Balaban J connectivity index is 1.93. The lowest BCUT2D eigenvalue weighted by atomic mass is 9.63. The Bertz CT molecular complexity index is 600. The summed E-state index contributed by atoms with van der Waals surface area (Å²) in [6.07, 6.45) is 3.59. The summed E-state index contributed by atoms with van der Waals surface area (Å²) < 4.78 is 5.57. The summed E-state index contributed by atoms with van der Waals surface area (Å²) in [4.78, 5) is 11.4. The molecule has 0 radical (unpaired) electrons. The Hall–Kier alpha value is -1.15. The molecule has 2 nitrogen and oxygen atoms in total. The second kappa shape index (κ2) is 5.73. The molecule has 1 saturated carbocycles. The van der Waals surface area contributed by atoms with Gasteiger partial charge in [-0.2, -0.15) is 0 Å². The average molecular weight is 314 g/mol. The molecule has 0 heterocycles. The summed E-state index contributed by atoms with van der Waals surface area (Å²) in [5.41, 5.74) is 4.78. The van der Waals surface area contributed by atoms with Gasteiger partial charge in [0.15, 0.2) is 0 Å². The molecule has 126 valence electrons. The molecule has 0 saturated heterocycles. The van der Waals surface area contributed by atoms with Crippen molar-refractivity contribution in [2.75, 3.05) is 13.2 Å². The van der Waals surface area contributed by atoms with E-state index in [0.717, 1.165) is 12.9 Å². The van der Waals surface area contributed by atoms with E-state index < -0.39 is 0 Å². The first-order valence-corrected chi connectivity index (χ1v) is 9.00. The minimum Gasteiger partial charge on any atom is -0.381 e. The number of ether oxygens (including phenoxy) is 1. The van der Waals surface area contributed by atoms with Gasteiger partial charge in [0.1, 0.15) is 6.29 Å². The van der Waals surface area contributed by atoms with Crippen molar-refractivity contribution in [1.82, 2.24) is 0 Å². The van der Waals surface area contributed by atoms with Crippen molar-refractivity contribution >= 4 is 6.29 Å². The number of hydrogen-bond donors (Lipinski definition) is 0. The minimum absolute atomic E-state index is 0.138. The monoisotopic (exact) mass is 314 g/mol. The first-order valence-electron chi connectivity index (χ1n) is 9.00. The van der Waals surface area contributed by atoms with Crippen LogP contribution in [0.3, 0.4) is 0 Å². The molecular weight excluding hydrogens is 284 g/mol. The maximum Gasteiger partial charge on any atom is 0.124 e. The fraction of sp³-hybridized carbons (Fsp3) is 0.667. The lowest BCUT2D eigenvalue weighted by Gasteiger charge is -2.42. The van der Waals surface area contributed by atoms with Crippen molar-refractivity contribution in [3.05, 3.63) is 34.9 Å². The van der Waals surface area contributed by atoms with Crippen LogP contribution in [0.4, 0.5) is 0 Å². The number of fused-ring (bicyclic) bond motifs is 1. The van der Waals surface area contributed by atoms with E-state index in [1.54, 1.807) is 0 Å². The molecule has 0 aliphatic heterocycles. The van der Waals surface area contributed by atoms with Crippen molar-refractivity contribution in [3.8, 4) is 0 Å². The molecule has 0 bridgehead atoms. The van der Waals surface area contributed by atoms with Crippen LogP contribution < -0.4 is 0 Å². The highest BCUT2D eigenvalue weighted by Crippen LogP contribution is 2.54. The molecule has 0 aromatic heterocycles. The van der Waals surface area contributed by atoms with Gasteiger partial charge < -0.3 is 9.53 Å². The summed E-state index contributed by atoms with van der Waals surface area (Å²) >= 11 is 0. The third kappa shape index (κ3) is 2.87. The molecule has 0 N–H and O–H groups in total. The molecule has 1 aromatic rings. The zero-order valence-electron chi connectivity index (χ0n) is 15.2. The highest BCUT2D eigenvalue weighted by atomic mass is 16.5. The van der Waals surface area contributed by atoms with Crippen LogP contribution in [-0.2, 0) is 20.4 Å². The Morgan fingerprint density at radius 2 is 1.78 bits per heavy atom. The fourth-order valence-corrected chi connectivity index (χ4v) is 4.34. The standard InChI is InChI=1S/C21H30O2/c1-6-23-13-16-15(12-22)19(16)14-7-8-17-18(11-14)21(4,5)10-9-20(17,2)3/h7-8,11-12,15-16,19H,6,9-10,13H2,1-5H3/t15-,16-,19+/m0/s1. The van der Waals surface area contributed by atoms with Crippen molar-refractivity contribution in [2.24, 2.45) is 11.8 Å². The van der Waals surface area contributed by atoms with E-state index in [-0.39, 0.29) is 16.7 Å². The van der Waals surface area contributed by atoms with Gasteiger partial charge in [-0.05, 0) is 59.1 Å². The van der Waals surface area contributed by atoms with E-state index in [2.05, 4.69) is 45.9 Å². The molecule has 23 heavy (non-hydrogen) atoms. The van der Waals surface area contributed by atoms with Crippen LogP contribution in [0.2, 0.25) is 0 Å². The molecule has 1 aromatic carbocycles. The zero-order chi connectivity index (χ0) is 16.8. The van der Waals surface area contributed by atoms with Crippen LogP contribution in [0.25, 0.3) is 0 Å². The Kier molecular flexibility index (Phi) is 4.16. The predicted octanol–water partition coefficient (Wildman–Crippen LogP) is 4.60. The number of carbonyl (C=O) groups excluding carboxylic acids is 1. The van der Waals surface area contributed by atoms with Gasteiger partial charge in [-0.3, -0.25) is 0 Å². The highest BCUT2D eigenvalue weighted by molar-refractivity contribution is 5.63. The first kappa shape index (κ1) is 16.7. The summed E-state index contributed by atoms with van der Waals surface area (Å²) in [5.74, 6) is 0.856. The summed E-state index contributed by atoms with van der Waals surface area (Å²) in [7, 11) is 0. The van der Waals surface area contributed by atoms with Gasteiger partial charge >= 0.3 is 0 Å². The van der Waals surface area contributed by atoms with Crippen molar-refractivity contribution < 1.29 is 9.53 Å². The first-order chi connectivity index (χ1) is 10.8. The summed E-state index contributed by atoms with van der Waals surface area (Å²) in [6.45, 7) is 12.8. The summed E-state index contributed by atoms with van der Waals surface area (Å²) in [6, 6.07) is 6.97. The molecule has 3 rings (SSSR count). The molecular formula is C21H30O2. The number of benzene rings is 1. The Morgan fingerprint density at radius 3 is 2.39 bits per heavy atom. The fourth-order valence-electron chi connectivity index (χ4n) is 4.34. The highest BCUT2D eigenvalue weighted by Gasteiger charge is 2.51. The van der Waals surface area contributed by atoms with Gasteiger partial charge in [-0.15, -0.1) is 0 Å². The van der Waals surface area contributed by atoms with Gasteiger partial charge in [-0.25, -0.2) is 0 Å². The third-order valence-corrected chi connectivity index (χ3v) is 6.16. The molecule has 3 atom stereocenters. The van der Waals surface area contributed by atoms with Crippen LogP contribution in [0.1, 0.15) is 70.1 Å². The molecule has 0 amide bonds. The van der Waals surface area contributed by atoms with Gasteiger partial charge in [-0.1, -0.05) is 45.9 Å². The largest absolute Gasteiger partial charge is 0.381 e. The number of aldehydes is 1. The van der Waals surface area contributed by atoms with E-state index in [9.17, 15) is 4.79 Å². The molecule has 0 spiro atoms. The van der Waals surface area contributed by atoms with Gasteiger partial charge in [0, 0.05) is 12.5 Å². The Morgan fingerprint density at radius 1 is 1.13 bits per heavy atom. The smallest absolute Gasteiger partial charge is 0.124 e. The lowest BCUT2D eigenvalue weighted by molar-refractivity contribution is -0.109. The van der Waals surface area contributed by atoms with Gasteiger partial charge in [0.05, 0.1) is 6.61 Å². The average Bonchev–Trinajstić information content (AvgIpc) is 3.22.